The van der Waals surface area contributed by atoms with E-state index in [9.17, 15) is 4.79 Å². The standard InChI is InChI=1S/C14H22N2O2S/c1-3-18-8-4-7-16-14-11(10-5-6-10)12(15)13(19-14)9(2)17/h10,16H,3-8,15H2,1-2H3. The number of thiophene rings is 1. The monoisotopic (exact) mass is 282 g/mol. The van der Waals surface area contributed by atoms with Crippen LogP contribution in [-0.4, -0.2) is 25.5 Å². The second kappa shape index (κ2) is 6.39. The normalized spacial score (nSPS) is 14.6. The van der Waals surface area contributed by atoms with Gasteiger partial charge in [0.1, 0.15) is 0 Å². The molecule has 0 amide bonds. The molecule has 2 rings (SSSR count). The molecule has 1 heterocycles. The van der Waals surface area contributed by atoms with Gasteiger partial charge in [-0.15, -0.1) is 11.3 Å². The fraction of sp³-hybridized carbons (Fsp3) is 0.643. The average molecular weight is 282 g/mol. The minimum Gasteiger partial charge on any atom is -0.397 e. The number of hydrogen-bond donors (Lipinski definition) is 2. The average Bonchev–Trinajstić information content (AvgIpc) is 3.14. The second-order valence-electron chi connectivity index (χ2n) is 4.90. The molecule has 0 aromatic carbocycles. The molecule has 1 aromatic heterocycles. The molecule has 3 N–H and O–H groups in total. The van der Waals surface area contributed by atoms with Crippen molar-refractivity contribution in [3.63, 3.8) is 0 Å². The molecular formula is C14H22N2O2S. The molecular weight excluding hydrogens is 260 g/mol. The van der Waals surface area contributed by atoms with Gasteiger partial charge in [-0.2, -0.15) is 0 Å². The Morgan fingerprint density at radius 2 is 2.26 bits per heavy atom. The Labute approximate surface area is 118 Å². The predicted octanol–water partition coefficient (Wildman–Crippen LogP) is 3.25. The number of ether oxygens (including phenoxy) is 1. The largest absolute Gasteiger partial charge is 0.397 e. The minimum atomic E-state index is 0.0618. The Hall–Kier alpha value is -1.07. The highest BCUT2D eigenvalue weighted by Gasteiger charge is 2.32. The third kappa shape index (κ3) is 3.48. The third-order valence-corrected chi connectivity index (χ3v) is 4.52. The van der Waals surface area contributed by atoms with Crippen molar-refractivity contribution in [1.82, 2.24) is 0 Å². The highest BCUT2D eigenvalue weighted by Crippen LogP contribution is 2.50. The summed E-state index contributed by atoms with van der Waals surface area (Å²) in [5.41, 5.74) is 8.00. The fourth-order valence-corrected chi connectivity index (χ4v) is 3.28. The molecule has 106 valence electrons. The minimum absolute atomic E-state index is 0.0618. The highest BCUT2D eigenvalue weighted by molar-refractivity contribution is 7.18. The van der Waals surface area contributed by atoms with Crippen LogP contribution in [-0.2, 0) is 4.74 Å². The maximum absolute atomic E-state index is 11.6. The van der Waals surface area contributed by atoms with Crippen LogP contribution in [0.1, 0.15) is 54.3 Å². The van der Waals surface area contributed by atoms with E-state index in [4.69, 9.17) is 10.5 Å². The first-order chi connectivity index (χ1) is 9.15. The van der Waals surface area contributed by atoms with Gasteiger partial charge in [0.15, 0.2) is 5.78 Å². The molecule has 0 atom stereocenters. The van der Waals surface area contributed by atoms with E-state index in [1.807, 2.05) is 6.92 Å². The Kier molecular flexibility index (Phi) is 4.82. The lowest BCUT2D eigenvalue weighted by Crippen LogP contribution is -2.06. The van der Waals surface area contributed by atoms with Crippen molar-refractivity contribution >= 4 is 27.8 Å². The molecule has 0 spiro atoms. The summed E-state index contributed by atoms with van der Waals surface area (Å²) in [4.78, 5) is 12.3. The third-order valence-electron chi connectivity index (χ3n) is 3.24. The molecule has 1 aliphatic carbocycles. The molecule has 5 heteroatoms. The number of Topliss-reactive ketones (excluding diaryl/α,β-unsaturated/α-hetero) is 1. The van der Waals surface area contributed by atoms with Crippen LogP contribution in [0.2, 0.25) is 0 Å². The van der Waals surface area contributed by atoms with Gasteiger partial charge in [0.25, 0.3) is 0 Å². The zero-order chi connectivity index (χ0) is 13.8. The first-order valence-corrected chi connectivity index (χ1v) is 7.71. The molecule has 1 aliphatic rings. The molecule has 0 unspecified atom stereocenters. The lowest BCUT2D eigenvalue weighted by Gasteiger charge is -2.07. The maximum Gasteiger partial charge on any atom is 0.171 e. The van der Waals surface area contributed by atoms with Crippen LogP contribution >= 0.6 is 11.3 Å². The van der Waals surface area contributed by atoms with Gasteiger partial charge in [0.2, 0.25) is 0 Å². The van der Waals surface area contributed by atoms with Crippen LogP contribution in [0.4, 0.5) is 10.7 Å². The summed E-state index contributed by atoms with van der Waals surface area (Å²) >= 11 is 1.50. The topological polar surface area (TPSA) is 64.3 Å². The van der Waals surface area contributed by atoms with Crippen molar-refractivity contribution < 1.29 is 9.53 Å². The summed E-state index contributed by atoms with van der Waals surface area (Å²) in [6.07, 6.45) is 3.34. The van der Waals surface area contributed by atoms with Gasteiger partial charge in [0, 0.05) is 32.2 Å². The van der Waals surface area contributed by atoms with E-state index < -0.39 is 0 Å². The Balaban J connectivity index is 2.02. The molecule has 0 bridgehead atoms. The highest BCUT2D eigenvalue weighted by atomic mass is 32.1. The van der Waals surface area contributed by atoms with Gasteiger partial charge >= 0.3 is 0 Å². The van der Waals surface area contributed by atoms with Gasteiger partial charge in [0.05, 0.1) is 15.6 Å². The van der Waals surface area contributed by atoms with E-state index in [1.165, 1.54) is 29.7 Å². The van der Waals surface area contributed by atoms with Crippen LogP contribution in [0.25, 0.3) is 0 Å². The Bertz CT molecular complexity index is 453. The fourth-order valence-electron chi connectivity index (χ4n) is 2.15. The maximum atomic E-state index is 11.6. The Morgan fingerprint density at radius 3 is 2.84 bits per heavy atom. The SMILES string of the molecule is CCOCCCNc1sc(C(C)=O)c(N)c1C1CC1. The van der Waals surface area contributed by atoms with Gasteiger partial charge in [-0.1, -0.05) is 0 Å². The number of anilines is 2. The van der Waals surface area contributed by atoms with Crippen LogP contribution in [0, 0.1) is 0 Å². The van der Waals surface area contributed by atoms with E-state index in [0.717, 1.165) is 31.2 Å². The predicted molar refractivity (Wildman–Crippen MR) is 80.3 cm³/mol. The molecule has 0 aliphatic heterocycles. The summed E-state index contributed by atoms with van der Waals surface area (Å²) in [7, 11) is 0. The molecule has 1 saturated carbocycles. The lowest BCUT2D eigenvalue weighted by molar-refractivity contribution is 0.102. The Morgan fingerprint density at radius 1 is 1.53 bits per heavy atom. The number of carbonyl (C=O) groups is 1. The van der Waals surface area contributed by atoms with Crippen molar-refractivity contribution in [2.24, 2.45) is 0 Å². The number of carbonyl (C=O) groups excluding carboxylic acids is 1. The van der Waals surface area contributed by atoms with Gasteiger partial charge in [-0.3, -0.25) is 4.79 Å². The number of nitrogens with two attached hydrogens (primary N) is 1. The van der Waals surface area contributed by atoms with Crippen molar-refractivity contribution in [3.05, 3.63) is 10.4 Å². The van der Waals surface area contributed by atoms with E-state index >= 15 is 0 Å². The van der Waals surface area contributed by atoms with Crippen LogP contribution in [0.3, 0.4) is 0 Å². The van der Waals surface area contributed by atoms with E-state index in [2.05, 4.69) is 5.32 Å². The lowest BCUT2D eigenvalue weighted by atomic mass is 10.1. The molecule has 4 nitrogen and oxygen atoms in total. The van der Waals surface area contributed by atoms with E-state index in [1.54, 1.807) is 6.92 Å². The van der Waals surface area contributed by atoms with Crippen molar-refractivity contribution in [1.29, 1.82) is 0 Å². The van der Waals surface area contributed by atoms with Crippen molar-refractivity contribution in [3.8, 4) is 0 Å². The van der Waals surface area contributed by atoms with Crippen LogP contribution < -0.4 is 11.1 Å². The summed E-state index contributed by atoms with van der Waals surface area (Å²) in [6, 6.07) is 0. The van der Waals surface area contributed by atoms with Gasteiger partial charge in [-0.25, -0.2) is 0 Å². The number of nitrogens with one attached hydrogen (secondary N) is 1. The van der Waals surface area contributed by atoms with E-state index in [0.29, 0.717) is 16.5 Å². The molecule has 19 heavy (non-hydrogen) atoms. The van der Waals surface area contributed by atoms with Crippen LogP contribution in [0.15, 0.2) is 0 Å². The number of nitrogen functional groups attached to an aromatic ring is 1. The second-order valence-corrected chi connectivity index (χ2v) is 5.92. The first-order valence-electron chi connectivity index (χ1n) is 6.89. The summed E-state index contributed by atoms with van der Waals surface area (Å²) in [6.45, 7) is 5.96. The van der Waals surface area contributed by atoms with Crippen LogP contribution in [0.5, 0.6) is 0 Å². The number of ketones is 1. The number of rotatable bonds is 8. The van der Waals surface area contributed by atoms with Crippen molar-refractivity contribution in [2.45, 2.75) is 39.0 Å². The van der Waals surface area contributed by atoms with Crippen molar-refractivity contribution in [2.75, 3.05) is 30.8 Å². The zero-order valence-corrected chi connectivity index (χ0v) is 12.4. The van der Waals surface area contributed by atoms with Gasteiger partial charge < -0.3 is 15.8 Å². The smallest absolute Gasteiger partial charge is 0.171 e. The molecule has 0 saturated heterocycles. The molecule has 0 radical (unpaired) electrons. The van der Waals surface area contributed by atoms with Gasteiger partial charge in [-0.05, 0) is 32.1 Å². The quantitative estimate of drug-likeness (QED) is 0.567. The summed E-state index contributed by atoms with van der Waals surface area (Å²) < 4.78 is 5.31. The number of hydrogen-bond acceptors (Lipinski definition) is 5. The van der Waals surface area contributed by atoms with E-state index in [-0.39, 0.29) is 5.78 Å². The first kappa shape index (κ1) is 14.3. The molecule has 1 aromatic rings. The summed E-state index contributed by atoms with van der Waals surface area (Å²) in [5.74, 6) is 0.616. The summed E-state index contributed by atoms with van der Waals surface area (Å²) in [5, 5.41) is 4.50. The zero-order valence-electron chi connectivity index (χ0n) is 11.6. The molecule has 1 fully saturated rings.